The second-order valence-corrected chi connectivity index (χ2v) is 6.08. The summed E-state index contributed by atoms with van der Waals surface area (Å²) in [6.45, 7) is 4.22. The number of carbonyl (C=O) groups is 1. The molecule has 1 amide bonds. The lowest BCUT2D eigenvalue weighted by Crippen LogP contribution is -2.37. The van der Waals surface area contributed by atoms with Gasteiger partial charge in [0.15, 0.2) is 17.6 Å². The lowest BCUT2D eigenvalue weighted by atomic mass is 10.1. The molecular weight excluding hydrogens is 346 g/mol. The monoisotopic (exact) mass is 373 g/mol. The van der Waals surface area contributed by atoms with Crippen molar-refractivity contribution in [1.29, 1.82) is 0 Å². The summed E-state index contributed by atoms with van der Waals surface area (Å²) in [6.07, 6.45) is 0.00325. The number of amides is 1. The highest BCUT2D eigenvalue weighted by molar-refractivity contribution is 5.81. The molecule has 0 aliphatic rings. The fraction of sp³-hybridized carbons (Fsp3) is 0.381. The number of hydrogen-bond donors (Lipinski definition) is 1. The summed E-state index contributed by atoms with van der Waals surface area (Å²) in [5.41, 5.74) is 1.92. The molecule has 0 aromatic heterocycles. The molecule has 1 unspecified atom stereocenters. The summed E-state index contributed by atoms with van der Waals surface area (Å²) in [6, 6.07) is 11.3. The largest absolute Gasteiger partial charge is 0.493 e. The maximum absolute atomic E-state index is 12.5. The van der Waals surface area contributed by atoms with E-state index in [4.69, 9.17) is 18.9 Å². The van der Waals surface area contributed by atoms with Crippen LogP contribution in [-0.4, -0.2) is 33.3 Å². The Morgan fingerprint density at radius 3 is 2.22 bits per heavy atom. The van der Waals surface area contributed by atoms with E-state index in [1.54, 1.807) is 21.3 Å². The van der Waals surface area contributed by atoms with E-state index >= 15 is 0 Å². The molecule has 0 spiro atoms. The number of rotatable bonds is 9. The minimum Gasteiger partial charge on any atom is -0.493 e. The molecule has 27 heavy (non-hydrogen) atoms. The van der Waals surface area contributed by atoms with E-state index in [2.05, 4.69) is 5.32 Å². The summed E-state index contributed by atoms with van der Waals surface area (Å²) in [7, 11) is 4.67. The number of ether oxygens (including phenoxy) is 4. The predicted octanol–water partition coefficient (Wildman–Crippen LogP) is 3.49. The van der Waals surface area contributed by atoms with Crippen LogP contribution in [0.1, 0.15) is 24.5 Å². The Balaban J connectivity index is 2.07. The van der Waals surface area contributed by atoms with Gasteiger partial charge in [-0.15, -0.1) is 0 Å². The second kappa shape index (κ2) is 9.71. The SMILES string of the molecule is CCC(Oc1cccc(C)c1)C(=O)NCc1cc(OC)c(OC)c(OC)c1. The van der Waals surface area contributed by atoms with Crippen molar-refractivity contribution in [3.05, 3.63) is 47.5 Å². The van der Waals surface area contributed by atoms with Crippen LogP contribution in [0.25, 0.3) is 0 Å². The molecule has 0 saturated carbocycles. The first-order valence-corrected chi connectivity index (χ1v) is 8.82. The van der Waals surface area contributed by atoms with Gasteiger partial charge >= 0.3 is 0 Å². The van der Waals surface area contributed by atoms with Crippen LogP contribution in [-0.2, 0) is 11.3 Å². The molecule has 1 atom stereocenters. The van der Waals surface area contributed by atoms with Crippen LogP contribution >= 0.6 is 0 Å². The van der Waals surface area contributed by atoms with Gasteiger partial charge in [-0.1, -0.05) is 19.1 Å². The lowest BCUT2D eigenvalue weighted by molar-refractivity contribution is -0.128. The van der Waals surface area contributed by atoms with Crippen molar-refractivity contribution in [2.24, 2.45) is 0 Å². The Hall–Kier alpha value is -2.89. The van der Waals surface area contributed by atoms with Gasteiger partial charge in [0.25, 0.3) is 5.91 Å². The smallest absolute Gasteiger partial charge is 0.261 e. The Bertz CT molecular complexity index is 750. The van der Waals surface area contributed by atoms with E-state index in [-0.39, 0.29) is 5.91 Å². The maximum atomic E-state index is 12.5. The Morgan fingerprint density at radius 2 is 1.70 bits per heavy atom. The van der Waals surface area contributed by atoms with Gasteiger partial charge in [-0.25, -0.2) is 0 Å². The van der Waals surface area contributed by atoms with E-state index in [0.29, 0.717) is 36.0 Å². The highest BCUT2D eigenvalue weighted by atomic mass is 16.5. The molecule has 146 valence electrons. The van der Waals surface area contributed by atoms with E-state index < -0.39 is 6.10 Å². The minimum absolute atomic E-state index is 0.173. The van der Waals surface area contributed by atoms with Crippen molar-refractivity contribution in [3.63, 3.8) is 0 Å². The minimum atomic E-state index is -0.561. The summed E-state index contributed by atoms with van der Waals surface area (Å²) in [5.74, 6) is 2.12. The van der Waals surface area contributed by atoms with E-state index in [9.17, 15) is 4.79 Å². The zero-order valence-electron chi connectivity index (χ0n) is 16.5. The molecule has 0 saturated heterocycles. The van der Waals surface area contributed by atoms with Gasteiger partial charge in [-0.2, -0.15) is 0 Å². The zero-order chi connectivity index (χ0) is 19.8. The molecule has 0 radical (unpaired) electrons. The number of nitrogens with one attached hydrogen (secondary N) is 1. The second-order valence-electron chi connectivity index (χ2n) is 6.08. The summed E-state index contributed by atoms with van der Waals surface area (Å²) >= 11 is 0. The van der Waals surface area contributed by atoms with Crippen LogP contribution < -0.4 is 24.3 Å². The molecular formula is C21H27NO5. The van der Waals surface area contributed by atoms with Gasteiger partial charge in [-0.3, -0.25) is 4.79 Å². The van der Waals surface area contributed by atoms with Gasteiger partial charge in [0.1, 0.15) is 5.75 Å². The molecule has 1 N–H and O–H groups in total. The van der Waals surface area contributed by atoms with Crippen molar-refractivity contribution >= 4 is 5.91 Å². The maximum Gasteiger partial charge on any atom is 0.261 e. The Morgan fingerprint density at radius 1 is 1.04 bits per heavy atom. The third kappa shape index (κ3) is 5.29. The highest BCUT2D eigenvalue weighted by Gasteiger charge is 2.19. The summed E-state index contributed by atoms with van der Waals surface area (Å²) in [4.78, 5) is 12.5. The van der Waals surface area contributed by atoms with Crippen molar-refractivity contribution in [2.75, 3.05) is 21.3 Å². The number of methoxy groups -OCH3 is 3. The van der Waals surface area contributed by atoms with Crippen LogP contribution in [0.2, 0.25) is 0 Å². The highest BCUT2D eigenvalue weighted by Crippen LogP contribution is 2.38. The van der Waals surface area contributed by atoms with Crippen molar-refractivity contribution in [2.45, 2.75) is 32.9 Å². The first kappa shape index (κ1) is 20.4. The molecule has 0 bridgehead atoms. The topological polar surface area (TPSA) is 66.0 Å². The summed E-state index contributed by atoms with van der Waals surface area (Å²) < 4.78 is 21.8. The van der Waals surface area contributed by atoms with Crippen molar-refractivity contribution < 1.29 is 23.7 Å². The quantitative estimate of drug-likeness (QED) is 0.729. The average Bonchev–Trinajstić information content (AvgIpc) is 2.69. The van der Waals surface area contributed by atoms with Gasteiger partial charge in [0, 0.05) is 6.54 Å². The van der Waals surface area contributed by atoms with E-state index in [0.717, 1.165) is 11.1 Å². The third-order valence-electron chi connectivity index (χ3n) is 4.12. The average molecular weight is 373 g/mol. The molecule has 2 aromatic carbocycles. The lowest BCUT2D eigenvalue weighted by Gasteiger charge is -2.18. The van der Waals surface area contributed by atoms with Gasteiger partial charge < -0.3 is 24.3 Å². The van der Waals surface area contributed by atoms with Gasteiger partial charge in [0.2, 0.25) is 5.75 Å². The van der Waals surface area contributed by atoms with Gasteiger partial charge in [-0.05, 0) is 48.7 Å². The fourth-order valence-corrected chi connectivity index (χ4v) is 2.72. The van der Waals surface area contributed by atoms with Crippen LogP contribution in [0.5, 0.6) is 23.0 Å². The van der Waals surface area contributed by atoms with Crippen LogP contribution in [0.3, 0.4) is 0 Å². The normalized spacial score (nSPS) is 11.4. The Labute approximate surface area is 160 Å². The molecule has 0 heterocycles. The first-order chi connectivity index (χ1) is 13.0. The van der Waals surface area contributed by atoms with E-state index in [1.165, 1.54) is 0 Å². The Kier molecular flexibility index (Phi) is 7.34. The van der Waals surface area contributed by atoms with Crippen LogP contribution in [0.15, 0.2) is 36.4 Å². The van der Waals surface area contributed by atoms with Crippen molar-refractivity contribution in [3.8, 4) is 23.0 Å². The fourth-order valence-electron chi connectivity index (χ4n) is 2.72. The molecule has 6 heteroatoms. The zero-order valence-corrected chi connectivity index (χ0v) is 16.5. The number of benzene rings is 2. The van der Waals surface area contributed by atoms with Gasteiger partial charge in [0.05, 0.1) is 21.3 Å². The number of carbonyl (C=O) groups excluding carboxylic acids is 1. The van der Waals surface area contributed by atoms with Crippen molar-refractivity contribution in [1.82, 2.24) is 5.32 Å². The molecule has 6 nitrogen and oxygen atoms in total. The van der Waals surface area contributed by atoms with Crippen LogP contribution in [0, 0.1) is 6.92 Å². The molecule has 2 aromatic rings. The van der Waals surface area contributed by atoms with Crippen LogP contribution in [0.4, 0.5) is 0 Å². The standard InChI is InChI=1S/C21H27NO5/c1-6-17(27-16-9-7-8-14(2)10-16)21(23)22-13-15-11-18(24-3)20(26-5)19(12-15)25-4/h7-12,17H,6,13H2,1-5H3,(H,22,23). The number of aryl methyl sites for hydroxylation is 1. The number of hydrogen-bond acceptors (Lipinski definition) is 5. The molecule has 0 fully saturated rings. The molecule has 0 aliphatic carbocycles. The molecule has 0 aliphatic heterocycles. The molecule has 2 rings (SSSR count). The third-order valence-corrected chi connectivity index (χ3v) is 4.12. The predicted molar refractivity (Wildman–Crippen MR) is 104 cm³/mol. The summed E-state index contributed by atoms with van der Waals surface area (Å²) in [5, 5.41) is 2.91. The first-order valence-electron chi connectivity index (χ1n) is 8.82. The van der Waals surface area contributed by atoms with E-state index in [1.807, 2.05) is 50.2 Å².